The first kappa shape index (κ1) is 14.0. The number of halogens is 1. The van der Waals surface area contributed by atoms with Gasteiger partial charge in [0.1, 0.15) is 17.7 Å². The van der Waals surface area contributed by atoms with E-state index in [1.54, 1.807) is 24.6 Å². The molecular formula is C12H11FN4O2S. The van der Waals surface area contributed by atoms with E-state index in [0.29, 0.717) is 5.82 Å². The van der Waals surface area contributed by atoms with Gasteiger partial charge in [0.25, 0.3) is 10.0 Å². The van der Waals surface area contributed by atoms with Crippen LogP contribution in [0.4, 0.5) is 10.1 Å². The van der Waals surface area contributed by atoms with Crippen molar-refractivity contribution >= 4 is 15.7 Å². The summed E-state index contributed by atoms with van der Waals surface area (Å²) in [6.07, 6.45) is 1.35. The largest absolute Gasteiger partial charge is 0.337 e. The Balaban J connectivity index is 2.41. The number of nitrogens with zero attached hydrogens (tertiary/aromatic N) is 3. The highest BCUT2D eigenvalue weighted by Gasteiger charge is 2.20. The highest BCUT2D eigenvalue weighted by atomic mass is 32.2. The van der Waals surface area contributed by atoms with Crippen molar-refractivity contribution in [2.75, 3.05) is 4.72 Å². The fourth-order valence-electron chi connectivity index (χ4n) is 1.55. The maximum atomic E-state index is 13.0. The third-order valence-electron chi connectivity index (χ3n) is 2.71. The van der Waals surface area contributed by atoms with Crippen molar-refractivity contribution in [2.24, 2.45) is 7.05 Å². The number of nitrogens with one attached hydrogen (secondary N) is 1. The number of nitriles is 1. The maximum absolute atomic E-state index is 13.0. The molecule has 1 aromatic heterocycles. The molecule has 0 aliphatic heterocycles. The second-order valence-corrected chi connectivity index (χ2v) is 5.77. The predicted molar refractivity (Wildman–Crippen MR) is 69.9 cm³/mol. The minimum atomic E-state index is -3.92. The molecule has 0 fully saturated rings. The SMILES string of the molecule is Cc1nc(S(=O)(=O)Nc2ccc(F)cc2C#N)cn1C. The minimum absolute atomic E-state index is 0.0113. The molecule has 0 spiro atoms. The van der Waals surface area contributed by atoms with Gasteiger partial charge in [0.2, 0.25) is 0 Å². The number of aryl methyl sites for hydroxylation is 2. The quantitative estimate of drug-likeness (QED) is 0.930. The van der Waals surface area contributed by atoms with Crippen molar-refractivity contribution in [1.82, 2.24) is 9.55 Å². The van der Waals surface area contributed by atoms with Crippen LogP contribution in [0.25, 0.3) is 0 Å². The molecule has 8 heteroatoms. The van der Waals surface area contributed by atoms with E-state index in [9.17, 15) is 12.8 Å². The molecule has 20 heavy (non-hydrogen) atoms. The van der Waals surface area contributed by atoms with Crippen molar-refractivity contribution < 1.29 is 12.8 Å². The van der Waals surface area contributed by atoms with Crippen LogP contribution in [0.15, 0.2) is 29.4 Å². The number of rotatable bonds is 3. The van der Waals surface area contributed by atoms with Crippen molar-refractivity contribution in [1.29, 1.82) is 5.26 Å². The summed E-state index contributed by atoms with van der Waals surface area (Å²) in [5.74, 6) is -0.0804. The van der Waals surface area contributed by atoms with Gasteiger partial charge < -0.3 is 4.57 Å². The summed E-state index contributed by atoms with van der Waals surface area (Å²) < 4.78 is 41.1. The number of sulfonamides is 1. The van der Waals surface area contributed by atoms with Crippen molar-refractivity contribution in [2.45, 2.75) is 11.9 Å². The average Bonchev–Trinajstić information content (AvgIpc) is 2.72. The Hall–Kier alpha value is -2.40. The summed E-state index contributed by atoms with van der Waals surface area (Å²) in [7, 11) is -2.25. The lowest BCUT2D eigenvalue weighted by atomic mass is 10.2. The normalized spacial score (nSPS) is 11.1. The van der Waals surface area contributed by atoms with Crippen LogP contribution in [-0.4, -0.2) is 18.0 Å². The molecule has 0 atom stereocenters. The van der Waals surface area contributed by atoms with Crippen LogP contribution >= 0.6 is 0 Å². The lowest BCUT2D eigenvalue weighted by Gasteiger charge is -2.07. The van der Waals surface area contributed by atoms with Gasteiger partial charge in [-0.1, -0.05) is 0 Å². The van der Waals surface area contributed by atoms with E-state index >= 15 is 0 Å². The van der Waals surface area contributed by atoms with Gasteiger partial charge in [0.15, 0.2) is 5.03 Å². The van der Waals surface area contributed by atoms with Crippen LogP contribution in [0.1, 0.15) is 11.4 Å². The smallest absolute Gasteiger partial charge is 0.280 e. The second kappa shape index (κ2) is 4.94. The van der Waals surface area contributed by atoms with Gasteiger partial charge in [-0.3, -0.25) is 4.72 Å². The molecule has 0 saturated heterocycles. The Morgan fingerprint density at radius 3 is 2.70 bits per heavy atom. The monoisotopic (exact) mass is 294 g/mol. The molecule has 2 aromatic rings. The molecule has 1 aromatic carbocycles. The van der Waals surface area contributed by atoms with Gasteiger partial charge in [0.05, 0.1) is 11.3 Å². The zero-order chi connectivity index (χ0) is 14.9. The fraction of sp³-hybridized carbons (Fsp3) is 0.167. The van der Waals surface area contributed by atoms with Crippen LogP contribution in [0.3, 0.4) is 0 Å². The van der Waals surface area contributed by atoms with E-state index in [1.807, 2.05) is 0 Å². The van der Waals surface area contributed by atoms with Gasteiger partial charge in [-0.25, -0.2) is 9.37 Å². The predicted octanol–water partition coefficient (Wildman–Crippen LogP) is 1.54. The van der Waals surface area contributed by atoms with Crippen LogP contribution in [0.2, 0.25) is 0 Å². The topological polar surface area (TPSA) is 87.8 Å². The number of anilines is 1. The third kappa shape index (κ3) is 2.62. The van der Waals surface area contributed by atoms with Gasteiger partial charge in [-0.15, -0.1) is 0 Å². The zero-order valence-corrected chi connectivity index (χ0v) is 11.6. The molecule has 0 radical (unpaired) electrons. The Kier molecular flexibility index (Phi) is 3.46. The first-order chi connectivity index (χ1) is 9.33. The van der Waals surface area contributed by atoms with Crippen LogP contribution in [0.5, 0.6) is 0 Å². The molecular weight excluding hydrogens is 283 g/mol. The number of benzene rings is 1. The Morgan fingerprint density at radius 2 is 2.15 bits per heavy atom. The van der Waals surface area contributed by atoms with Crippen LogP contribution in [-0.2, 0) is 17.1 Å². The highest BCUT2D eigenvalue weighted by molar-refractivity contribution is 7.92. The lowest BCUT2D eigenvalue weighted by molar-refractivity contribution is 0.597. The van der Waals surface area contributed by atoms with E-state index in [1.165, 1.54) is 12.3 Å². The number of aromatic nitrogens is 2. The van der Waals surface area contributed by atoms with Crippen molar-refractivity contribution in [3.05, 3.63) is 41.6 Å². The fourth-order valence-corrected chi connectivity index (χ4v) is 2.67. The second-order valence-electron chi connectivity index (χ2n) is 4.14. The van der Waals surface area contributed by atoms with E-state index in [2.05, 4.69) is 9.71 Å². The molecule has 0 saturated carbocycles. The standard InChI is InChI=1S/C12H11FN4O2S/c1-8-15-12(7-17(8)2)20(18,19)16-11-4-3-10(13)5-9(11)6-14/h3-5,7,16H,1-2H3. The highest BCUT2D eigenvalue weighted by Crippen LogP contribution is 2.20. The zero-order valence-electron chi connectivity index (χ0n) is 10.8. The van der Waals surface area contributed by atoms with Crippen molar-refractivity contribution in [3.8, 4) is 6.07 Å². The molecule has 0 unspecified atom stereocenters. The summed E-state index contributed by atoms with van der Waals surface area (Å²) in [6.45, 7) is 1.66. The summed E-state index contributed by atoms with van der Waals surface area (Å²) in [5.41, 5.74) is -0.0848. The molecule has 0 aliphatic rings. The molecule has 6 nitrogen and oxygen atoms in total. The van der Waals surface area contributed by atoms with E-state index < -0.39 is 15.8 Å². The number of hydrogen-bond donors (Lipinski definition) is 1. The van der Waals surface area contributed by atoms with Gasteiger partial charge in [0, 0.05) is 13.2 Å². The van der Waals surface area contributed by atoms with E-state index in [0.717, 1.165) is 12.1 Å². The average molecular weight is 294 g/mol. The van der Waals surface area contributed by atoms with Crippen LogP contribution in [0, 0.1) is 24.1 Å². The summed E-state index contributed by atoms with van der Waals surface area (Å²) in [4.78, 5) is 3.91. The van der Waals surface area contributed by atoms with Crippen LogP contribution < -0.4 is 4.72 Å². The van der Waals surface area contributed by atoms with E-state index in [4.69, 9.17) is 5.26 Å². The number of hydrogen-bond acceptors (Lipinski definition) is 4. The third-order valence-corrected chi connectivity index (χ3v) is 3.94. The Labute approximate surface area is 115 Å². The molecule has 0 amide bonds. The minimum Gasteiger partial charge on any atom is -0.337 e. The van der Waals surface area contributed by atoms with Gasteiger partial charge in [-0.2, -0.15) is 13.7 Å². The van der Waals surface area contributed by atoms with E-state index in [-0.39, 0.29) is 16.3 Å². The summed E-state index contributed by atoms with van der Waals surface area (Å²) in [5, 5.41) is 8.73. The Morgan fingerprint density at radius 1 is 1.45 bits per heavy atom. The number of imidazole rings is 1. The van der Waals surface area contributed by atoms with Crippen molar-refractivity contribution in [3.63, 3.8) is 0 Å². The first-order valence-corrected chi connectivity index (χ1v) is 7.04. The van der Waals surface area contributed by atoms with Gasteiger partial charge >= 0.3 is 0 Å². The molecule has 104 valence electrons. The summed E-state index contributed by atoms with van der Waals surface area (Å²) >= 11 is 0. The maximum Gasteiger partial charge on any atom is 0.280 e. The molecule has 1 N–H and O–H groups in total. The molecule has 1 heterocycles. The lowest BCUT2D eigenvalue weighted by Crippen LogP contribution is -2.14. The Bertz CT molecular complexity index is 786. The molecule has 0 aliphatic carbocycles. The van der Waals surface area contributed by atoms with Gasteiger partial charge in [-0.05, 0) is 25.1 Å². The molecule has 2 rings (SSSR count). The molecule has 0 bridgehead atoms. The summed E-state index contributed by atoms with van der Waals surface area (Å²) in [6, 6.07) is 4.96. The first-order valence-electron chi connectivity index (χ1n) is 5.56.